The second kappa shape index (κ2) is 8.57. The van der Waals surface area contributed by atoms with Crippen LogP contribution in [0.25, 0.3) is 0 Å². The minimum Gasteiger partial charge on any atom is -0.486 e. The number of carbonyl (C=O) groups excluding carboxylic acids is 1. The molecule has 4 nitrogen and oxygen atoms in total. The Morgan fingerprint density at radius 1 is 1.07 bits per heavy atom. The van der Waals surface area contributed by atoms with Gasteiger partial charge in [0.15, 0.2) is 0 Å². The van der Waals surface area contributed by atoms with Crippen LogP contribution in [0.15, 0.2) is 60.1 Å². The summed E-state index contributed by atoms with van der Waals surface area (Å²) >= 11 is 1.59. The lowest BCUT2D eigenvalue weighted by molar-refractivity contribution is 0.0600. The third kappa shape index (κ3) is 4.09. The summed E-state index contributed by atoms with van der Waals surface area (Å²) in [6.45, 7) is 7.13. The molecule has 146 valence electrons. The molecule has 28 heavy (non-hydrogen) atoms. The average Bonchev–Trinajstić information content (AvgIpc) is 3.25. The van der Waals surface area contributed by atoms with Gasteiger partial charge in [-0.05, 0) is 41.3 Å². The highest BCUT2D eigenvalue weighted by Crippen LogP contribution is 2.39. The van der Waals surface area contributed by atoms with Crippen molar-refractivity contribution in [3.8, 4) is 5.75 Å². The van der Waals surface area contributed by atoms with Crippen molar-refractivity contribution < 1.29 is 14.3 Å². The van der Waals surface area contributed by atoms with E-state index in [1.165, 1.54) is 12.7 Å². The van der Waals surface area contributed by atoms with Crippen LogP contribution in [0.3, 0.4) is 0 Å². The number of nitrogens with zero attached hydrogens (tertiary/aromatic N) is 1. The second-order valence-electron chi connectivity index (χ2n) is 7.16. The van der Waals surface area contributed by atoms with Crippen LogP contribution in [0.1, 0.15) is 47.3 Å². The normalized spacial score (nSPS) is 13.2. The Labute approximate surface area is 170 Å². The molecule has 0 amide bonds. The van der Waals surface area contributed by atoms with Crippen LogP contribution in [0.5, 0.6) is 5.75 Å². The number of ether oxygens (including phenoxy) is 2. The number of carbonyl (C=O) groups is 1. The van der Waals surface area contributed by atoms with Gasteiger partial charge in [0.1, 0.15) is 17.4 Å². The van der Waals surface area contributed by atoms with Crippen LogP contribution < -0.4 is 4.74 Å². The maximum absolute atomic E-state index is 11.7. The molecule has 1 heterocycles. The molecule has 3 rings (SSSR count). The lowest BCUT2D eigenvalue weighted by atomic mass is 9.68. The number of esters is 1. The highest BCUT2D eigenvalue weighted by Gasteiger charge is 2.32. The quantitative estimate of drug-likeness (QED) is 0.498. The van der Waals surface area contributed by atoms with Crippen LogP contribution >= 0.6 is 11.3 Å². The van der Waals surface area contributed by atoms with Gasteiger partial charge in [0.2, 0.25) is 0 Å². The van der Waals surface area contributed by atoms with Crippen molar-refractivity contribution in [2.75, 3.05) is 7.11 Å². The zero-order valence-corrected chi connectivity index (χ0v) is 17.5. The van der Waals surface area contributed by atoms with Crippen molar-refractivity contribution in [2.45, 2.75) is 32.8 Å². The van der Waals surface area contributed by atoms with Crippen molar-refractivity contribution in [2.24, 2.45) is 5.92 Å². The van der Waals surface area contributed by atoms with E-state index in [-0.39, 0.29) is 11.4 Å². The third-order valence-electron chi connectivity index (χ3n) is 5.36. The molecule has 0 fully saturated rings. The predicted octanol–water partition coefficient (Wildman–Crippen LogP) is 5.47. The van der Waals surface area contributed by atoms with E-state index in [9.17, 15) is 4.79 Å². The Hall–Kier alpha value is -2.66. The fraction of sp³-hybridized carbons (Fsp3) is 0.304. The van der Waals surface area contributed by atoms with Gasteiger partial charge in [0.25, 0.3) is 0 Å². The van der Waals surface area contributed by atoms with Crippen LogP contribution in [-0.2, 0) is 16.8 Å². The highest BCUT2D eigenvalue weighted by molar-refractivity contribution is 7.09. The molecule has 2 aromatic carbocycles. The number of methoxy groups -OCH3 is 1. The Morgan fingerprint density at radius 3 is 2.18 bits per heavy atom. The number of thiazole rings is 1. The van der Waals surface area contributed by atoms with Crippen LogP contribution in [0.2, 0.25) is 0 Å². The van der Waals surface area contributed by atoms with Crippen molar-refractivity contribution in [1.29, 1.82) is 0 Å². The maximum Gasteiger partial charge on any atom is 0.337 e. The van der Waals surface area contributed by atoms with Gasteiger partial charge >= 0.3 is 5.97 Å². The molecule has 1 atom stereocenters. The van der Waals surface area contributed by atoms with Gasteiger partial charge in [-0.25, -0.2) is 9.78 Å². The van der Waals surface area contributed by atoms with Gasteiger partial charge in [0.05, 0.1) is 12.7 Å². The van der Waals surface area contributed by atoms with Gasteiger partial charge in [-0.3, -0.25) is 0 Å². The molecule has 0 spiro atoms. The zero-order valence-electron chi connectivity index (χ0n) is 16.6. The summed E-state index contributed by atoms with van der Waals surface area (Å²) in [6, 6.07) is 15.9. The van der Waals surface area contributed by atoms with Crippen LogP contribution in [0.4, 0.5) is 0 Å². The first-order valence-corrected chi connectivity index (χ1v) is 10.1. The van der Waals surface area contributed by atoms with E-state index >= 15 is 0 Å². The number of hydrogen-bond donors (Lipinski definition) is 0. The molecular formula is C23H25NO3S. The SMILES string of the molecule is COC(=O)c1ccc(C(C)(c2ccc(OCc3nccs3)cc2)C(C)C)cc1. The summed E-state index contributed by atoms with van der Waals surface area (Å²) in [5, 5.41) is 2.91. The van der Waals surface area contributed by atoms with Gasteiger partial charge in [-0.2, -0.15) is 0 Å². The number of hydrogen-bond acceptors (Lipinski definition) is 5. The third-order valence-corrected chi connectivity index (χ3v) is 6.11. The Bertz CT molecular complexity index is 902. The predicted molar refractivity (Wildman–Crippen MR) is 112 cm³/mol. The topological polar surface area (TPSA) is 48.4 Å². The van der Waals surface area contributed by atoms with E-state index < -0.39 is 0 Å². The van der Waals surface area contributed by atoms with E-state index in [1.54, 1.807) is 17.5 Å². The zero-order chi connectivity index (χ0) is 20.1. The van der Waals surface area contributed by atoms with Crippen molar-refractivity contribution in [1.82, 2.24) is 4.98 Å². The summed E-state index contributed by atoms with van der Waals surface area (Å²) in [7, 11) is 1.40. The average molecular weight is 396 g/mol. The van der Waals surface area contributed by atoms with E-state index in [1.807, 2.05) is 41.8 Å². The highest BCUT2D eigenvalue weighted by atomic mass is 32.1. The molecule has 5 heteroatoms. The first-order valence-electron chi connectivity index (χ1n) is 9.25. The minimum absolute atomic E-state index is 0.192. The van der Waals surface area contributed by atoms with Gasteiger partial charge in [-0.1, -0.05) is 45.0 Å². The van der Waals surface area contributed by atoms with E-state index in [2.05, 4.69) is 37.9 Å². The minimum atomic E-state index is -0.320. The maximum atomic E-state index is 11.7. The summed E-state index contributed by atoms with van der Waals surface area (Å²) in [5.41, 5.74) is 2.73. The monoisotopic (exact) mass is 395 g/mol. The van der Waals surface area contributed by atoms with Gasteiger partial charge in [-0.15, -0.1) is 11.3 Å². The molecule has 0 radical (unpaired) electrons. The fourth-order valence-corrected chi connectivity index (χ4v) is 3.80. The van der Waals surface area contributed by atoms with Crippen LogP contribution in [-0.4, -0.2) is 18.1 Å². The Balaban J connectivity index is 1.83. The summed E-state index contributed by atoms with van der Waals surface area (Å²) in [6.07, 6.45) is 1.78. The molecule has 0 N–H and O–H groups in total. The van der Waals surface area contributed by atoms with E-state index in [4.69, 9.17) is 9.47 Å². The lowest BCUT2D eigenvalue weighted by Crippen LogP contribution is -2.30. The molecule has 0 saturated heterocycles. The molecule has 1 aromatic heterocycles. The van der Waals surface area contributed by atoms with Gasteiger partial charge < -0.3 is 9.47 Å². The van der Waals surface area contributed by atoms with Crippen molar-refractivity contribution in [3.63, 3.8) is 0 Å². The molecule has 3 aromatic rings. The first kappa shape index (κ1) is 20.1. The molecule has 0 bridgehead atoms. The van der Waals surface area contributed by atoms with E-state index in [0.29, 0.717) is 18.1 Å². The summed E-state index contributed by atoms with van der Waals surface area (Å²) in [5.74, 6) is 0.865. The molecular weight excluding hydrogens is 370 g/mol. The molecule has 0 saturated carbocycles. The Morgan fingerprint density at radius 2 is 1.68 bits per heavy atom. The molecule has 0 aliphatic rings. The van der Waals surface area contributed by atoms with Crippen molar-refractivity contribution in [3.05, 3.63) is 81.8 Å². The van der Waals surface area contributed by atoms with Crippen molar-refractivity contribution >= 4 is 17.3 Å². The summed E-state index contributed by atoms with van der Waals surface area (Å²) in [4.78, 5) is 16.0. The fourth-order valence-electron chi connectivity index (χ4n) is 3.27. The van der Waals surface area contributed by atoms with E-state index in [0.717, 1.165) is 16.3 Å². The largest absolute Gasteiger partial charge is 0.486 e. The number of benzene rings is 2. The number of rotatable bonds is 7. The summed E-state index contributed by atoms with van der Waals surface area (Å²) < 4.78 is 10.6. The number of aromatic nitrogens is 1. The molecule has 0 aliphatic heterocycles. The molecule has 1 unspecified atom stereocenters. The second-order valence-corrected chi connectivity index (χ2v) is 8.14. The van der Waals surface area contributed by atoms with Crippen LogP contribution in [0, 0.1) is 5.92 Å². The standard InChI is InChI=1S/C23H25NO3S/c1-16(2)23(3,18-7-5-17(6-8-18)22(25)26-4)19-9-11-20(12-10-19)27-15-21-24-13-14-28-21/h5-14,16H,15H2,1-4H3. The smallest absolute Gasteiger partial charge is 0.337 e. The Kier molecular flexibility index (Phi) is 6.15. The molecule has 0 aliphatic carbocycles. The lowest BCUT2D eigenvalue weighted by Gasteiger charge is -2.35. The van der Waals surface area contributed by atoms with Gasteiger partial charge in [0, 0.05) is 17.0 Å². The first-order chi connectivity index (χ1) is 13.4.